The van der Waals surface area contributed by atoms with Gasteiger partial charge in [0.15, 0.2) is 0 Å². The third-order valence-corrected chi connectivity index (χ3v) is 1.71. The van der Waals surface area contributed by atoms with Gasteiger partial charge in [0.05, 0.1) is 18.3 Å². The molecule has 0 saturated carbocycles. The predicted molar refractivity (Wildman–Crippen MR) is 56.4 cm³/mol. The highest BCUT2D eigenvalue weighted by Crippen LogP contribution is 2.00. The molecule has 0 rings (SSSR count). The Morgan fingerprint density at radius 2 is 1.44 bits per heavy atom. The maximum atomic E-state index is 11.1. The molecule has 0 amide bonds. The van der Waals surface area contributed by atoms with Crippen molar-refractivity contribution >= 4 is 17.9 Å². The molecule has 0 atom stereocenters. The molecule has 0 spiro atoms. The molecule has 0 fully saturated rings. The first-order valence-corrected chi connectivity index (χ1v) is 5.25. The molecule has 0 aromatic carbocycles. The molecule has 0 aliphatic heterocycles. The molecule has 0 aliphatic carbocycles. The molecule has 0 N–H and O–H groups in total. The average molecular weight is 230 g/mol. The fourth-order valence-corrected chi connectivity index (χ4v) is 0.683. The minimum Gasteiger partial charge on any atom is -0.465 e. The molecular weight excluding hydrogens is 212 g/mol. The zero-order chi connectivity index (χ0) is 12.7. The first kappa shape index (κ1) is 14.6. The van der Waals surface area contributed by atoms with Gasteiger partial charge < -0.3 is 9.47 Å². The van der Waals surface area contributed by atoms with Crippen LogP contribution in [0.3, 0.4) is 0 Å². The standard InChI is InChI=1S/C11H18O5/c1-7(2)10(13)15-6-5-9(12)16-11(14)8(3)4/h7-8H,5-6H2,1-4H3. The molecule has 0 bridgehead atoms. The van der Waals surface area contributed by atoms with E-state index in [1.54, 1.807) is 27.7 Å². The lowest BCUT2D eigenvalue weighted by Crippen LogP contribution is -2.20. The second-order valence-corrected chi connectivity index (χ2v) is 4.02. The number of hydrogen-bond acceptors (Lipinski definition) is 5. The fourth-order valence-electron chi connectivity index (χ4n) is 0.683. The van der Waals surface area contributed by atoms with Gasteiger partial charge in [0.25, 0.3) is 0 Å². The zero-order valence-electron chi connectivity index (χ0n) is 10.1. The Bertz CT molecular complexity index is 268. The lowest BCUT2D eigenvalue weighted by atomic mass is 10.2. The van der Waals surface area contributed by atoms with Gasteiger partial charge in [-0.05, 0) is 0 Å². The summed E-state index contributed by atoms with van der Waals surface area (Å²) in [7, 11) is 0. The van der Waals surface area contributed by atoms with Crippen molar-refractivity contribution in [1.29, 1.82) is 0 Å². The first-order valence-electron chi connectivity index (χ1n) is 5.25. The molecule has 0 aromatic rings. The normalized spacial score (nSPS) is 10.4. The molecular formula is C11H18O5. The van der Waals surface area contributed by atoms with Crippen molar-refractivity contribution in [3.8, 4) is 0 Å². The molecule has 0 saturated heterocycles. The van der Waals surface area contributed by atoms with Crippen molar-refractivity contribution in [3.05, 3.63) is 0 Å². The van der Waals surface area contributed by atoms with Crippen LogP contribution in [0.1, 0.15) is 34.1 Å². The minimum absolute atomic E-state index is 0.0543. The molecule has 0 unspecified atom stereocenters. The fraction of sp³-hybridized carbons (Fsp3) is 0.727. The summed E-state index contributed by atoms with van der Waals surface area (Å²) in [6, 6.07) is 0. The van der Waals surface area contributed by atoms with Gasteiger partial charge in [0.1, 0.15) is 6.61 Å². The van der Waals surface area contributed by atoms with E-state index in [1.165, 1.54) is 0 Å². The summed E-state index contributed by atoms with van der Waals surface area (Å²) >= 11 is 0. The molecule has 0 heterocycles. The van der Waals surface area contributed by atoms with Crippen LogP contribution in [-0.4, -0.2) is 24.5 Å². The molecule has 0 aliphatic rings. The van der Waals surface area contributed by atoms with Gasteiger partial charge in [-0.3, -0.25) is 14.4 Å². The van der Waals surface area contributed by atoms with Gasteiger partial charge in [-0.1, -0.05) is 27.7 Å². The Morgan fingerprint density at radius 1 is 0.938 bits per heavy atom. The van der Waals surface area contributed by atoms with Crippen molar-refractivity contribution < 1.29 is 23.9 Å². The van der Waals surface area contributed by atoms with Crippen LogP contribution in [0.25, 0.3) is 0 Å². The van der Waals surface area contributed by atoms with Crippen LogP contribution in [0, 0.1) is 11.8 Å². The van der Waals surface area contributed by atoms with E-state index in [0.29, 0.717) is 0 Å². The Balaban J connectivity index is 3.75. The summed E-state index contributed by atoms with van der Waals surface area (Å²) < 4.78 is 9.25. The van der Waals surface area contributed by atoms with E-state index in [4.69, 9.17) is 4.74 Å². The Hall–Kier alpha value is -1.39. The molecule has 92 valence electrons. The van der Waals surface area contributed by atoms with Gasteiger partial charge in [-0.25, -0.2) is 0 Å². The summed E-state index contributed by atoms with van der Waals surface area (Å²) in [5.74, 6) is -2.19. The van der Waals surface area contributed by atoms with E-state index < -0.39 is 11.9 Å². The maximum Gasteiger partial charge on any atom is 0.316 e. The minimum atomic E-state index is -0.671. The lowest BCUT2D eigenvalue weighted by molar-refractivity contribution is -0.163. The topological polar surface area (TPSA) is 69.7 Å². The zero-order valence-corrected chi connectivity index (χ0v) is 10.1. The van der Waals surface area contributed by atoms with Crippen molar-refractivity contribution in [1.82, 2.24) is 0 Å². The second-order valence-electron chi connectivity index (χ2n) is 4.02. The summed E-state index contributed by atoms with van der Waals surface area (Å²) in [5.41, 5.74) is 0. The highest BCUT2D eigenvalue weighted by atomic mass is 16.6. The third kappa shape index (κ3) is 6.16. The molecule has 0 aromatic heterocycles. The molecule has 5 nitrogen and oxygen atoms in total. The smallest absolute Gasteiger partial charge is 0.316 e. The van der Waals surface area contributed by atoms with E-state index >= 15 is 0 Å². The van der Waals surface area contributed by atoms with Crippen molar-refractivity contribution in [2.24, 2.45) is 11.8 Å². The average Bonchev–Trinajstić information content (AvgIpc) is 2.16. The van der Waals surface area contributed by atoms with Gasteiger partial charge in [0.2, 0.25) is 0 Å². The number of esters is 3. The molecule has 16 heavy (non-hydrogen) atoms. The second kappa shape index (κ2) is 6.98. The quantitative estimate of drug-likeness (QED) is 0.526. The maximum absolute atomic E-state index is 11.1. The predicted octanol–water partition coefficient (Wildman–Crippen LogP) is 1.30. The Morgan fingerprint density at radius 3 is 1.88 bits per heavy atom. The number of carbonyl (C=O) groups excluding carboxylic acids is 3. The number of rotatable bonds is 5. The highest BCUT2D eigenvalue weighted by Gasteiger charge is 2.15. The largest absolute Gasteiger partial charge is 0.465 e. The summed E-state index contributed by atoms with van der Waals surface area (Å²) in [6.45, 7) is 6.61. The van der Waals surface area contributed by atoms with Gasteiger partial charge in [-0.2, -0.15) is 0 Å². The van der Waals surface area contributed by atoms with Crippen LogP contribution in [0.4, 0.5) is 0 Å². The third-order valence-electron chi connectivity index (χ3n) is 1.71. The van der Waals surface area contributed by atoms with Gasteiger partial charge in [-0.15, -0.1) is 0 Å². The molecule has 5 heteroatoms. The highest BCUT2D eigenvalue weighted by molar-refractivity contribution is 5.86. The van der Waals surface area contributed by atoms with Crippen molar-refractivity contribution in [2.75, 3.05) is 6.61 Å². The SMILES string of the molecule is CC(C)C(=O)OCCC(=O)OC(=O)C(C)C. The van der Waals surface area contributed by atoms with Crippen LogP contribution < -0.4 is 0 Å². The Labute approximate surface area is 95.1 Å². The van der Waals surface area contributed by atoms with Crippen LogP contribution in [0.15, 0.2) is 0 Å². The van der Waals surface area contributed by atoms with E-state index in [1.807, 2.05) is 0 Å². The van der Waals surface area contributed by atoms with Crippen LogP contribution in [0.2, 0.25) is 0 Å². The molecule has 0 radical (unpaired) electrons. The van der Waals surface area contributed by atoms with Gasteiger partial charge in [0, 0.05) is 0 Å². The lowest BCUT2D eigenvalue weighted by Gasteiger charge is -2.07. The summed E-state index contributed by atoms with van der Waals surface area (Å²) in [4.78, 5) is 33.1. The first-order chi connectivity index (χ1) is 7.34. The van der Waals surface area contributed by atoms with Crippen molar-refractivity contribution in [2.45, 2.75) is 34.1 Å². The summed E-state index contributed by atoms with van der Waals surface area (Å²) in [6.07, 6.45) is -0.100. The van der Waals surface area contributed by atoms with Crippen LogP contribution in [-0.2, 0) is 23.9 Å². The van der Waals surface area contributed by atoms with Crippen LogP contribution in [0.5, 0.6) is 0 Å². The Kier molecular flexibility index (Phi) is 6.37. The van der Waals surface area contributed by atoms with E-state index in [-0.39, 0.29) is 30.8 Å². The number of ether oxygens (including phenoxy) is 2. The van der Waals surface area contributed by atoms with Crippen LogP contribution >= 0.6 is 0 Å². The van der Waals surface area contributed by atoms with E-state index in [9.17, 15) is 14.4 Å². The summed E-state index contributed by atoms with van der Waals surface area (Å²) in [5, 5.41) is 0. The van der Waals surface area contributed by atoms with Crippen molar-refractivity contribution in [3.63, 3.8) is 0 Å². The van der Waals surface area contributed by atoms with E-state index in [2.05, 4.69) is 4.74 Å². The van der Waals surface area contributed by atoms with E-state index in [0.717, 1.165) is 0 Å². The monoisotopic (exact) mass is 230 g/mol. The number of carbonyl (C=O) groups is 3. The number of hydrogen-bond donors (Lipinski definition) is 0. The van der Waals surface area contributed by atoms with Gasteiger partial charge >= 0.3 is 17.9 Å².